The lowest BCUT2D eigenvalue weighted by molar-refractivity contribution is -0.671. The number of aryl methyl sites for hydroxylation is 1. The molecule has 4 nitrogen and oxygen atoms in total. The Bertz CT molecular complexity index is 1090. The van der Waals surface area contributed by atoms with Crippen molar-refractivity contribution in [3.8, 4) is 0 Å². The van der Waals surface area contributed by atoms with E-state index in [0.717, 1.165) is 12.1 Å². The Morgan fingerprint density at radius 1 is 1.00 bits per heavy atom. The van der Waals surface area contributed by atoms with Gasteiger partial charge in [0.1, 0.15) is 12.6 Å². The van der Waals surface area contributed by atoms with Crippen LogP contribution in [-0.2, 0) is 12.5 Å². The second-order valence-corrected chi connectivity index (χ2v) is 7.60. The smallest absolute Gasteiger partial charge is 0.267 e. The van der Waals surface area contributed by atoms with Crippen molar-refractivity contribution in [3.63, 3.8) is 0 Å². The number of allylic oxidation sites excluding steroid dienone is 2. The summed E-state index contributed by atoms with van der Waals surface area (Å²) in [7, 11) is 1.89. The Morgan fingerprint density at radius 3 is 2.38 bits per heavy atom. The Balaban J connectivity index is 1.66. The second-order valence-electron chi connectivity index (χ2n) is 7.60. The van der Waals surface area contributed by atoms with Gasteiger partial charge in [-0.25, -0.2) is 9.99 Å². The molecule has 0 spiro atoms. The van der Waals surface area contributed by atoms with Crippen LogP contribution in [0.5, 0.6) is 0 Å². The van der Waals surface area contributed by atoms with E-state index in [9.17, 15) is 4.79 Å². The molecular weight excluding hydrogens is 358 g/mol. The van der Waals surface area contributed by atoms with Gasteiger partial charge in [-0.1, -0.05) is 67.6 Å². The molecular formula is C25H24N3O+. The average Bonchev–Trinajstić information content (AvgIpc) is 3.11. The van der Waals surface area contributed by atoms with Gasteiger partial charge < -0.3 is 0 Å². The third-order valence-electron chi connectivity index (χ3n) is 5.44. The van der Waals surface area contributed by atoms with Gasteiger partial charge in [0.15, 0.2) is 12.4 Å². The zero-order valence-electron chi connectivity index (χ0n) is 16.7. The van der Waals surface area contributed by atoms with E-state index in [4.69, 9.17) is 0 Å². The van der Waals surface area contributed by atoms with Gasteiger partial charge in [0.05, 0.1) is 5.71 Å². The van der Waals surface area contributed by atoms with Crippen LogP contribution >= 0.6 is 0 Å². The lowest BCUT2D eigenvalue weighted by Crippen LogP contribution is -2.30. The van der Waals surface area contributed by atoms with E-state index in [1.54, 1.807) is 12.3 Å². The molecule has 0 radical (unpaired) electrons. The van der Waals surface area contributed by atoms with Crippen LogP contribution in [0.3, 0.4) is 0 Å². The molecule has 3 aromatic rings. The highest BCUT2D eigenvalue weighted by Crippen LogP contribution is 2.45. The van der Waals surface area contributed by atoms with Crippen LogP contribution in [0.15, 0.2) is 96.4 Å². The number of rotatable bonds is 4. The maximum atomic E-state index is 12.5. The van der Waals surface area contributed by atoms with Gasteiger partial charge in [0.2, 0.25) is 0 Å². The lowest BCUT2D eigenvalue weighted by atomic mass is 9.74. The molecule has 144 valence electrons. The molecule has 0 bridgehead atoms. The van der Waals surface area contributed by atoms with Crippen molar-refractivity contribution < 1.29 is 9.36 Å². The predicted octanol–water partition coefficient (Wildman–Crippen LogP) is 4.04. The van der Waals surface area contributed by atoms with Crippen LogP contribution in [0.25, 0.3) is 5.57 Å². The maximum Gasteiger partial charge on any atom is 0.277 e. The molecule has 4 rings (SSSR count). The number of benzene rings is 2. The van der Waals surface area contributed by atoms with Crippen molar-refractivity contribution in [1.29, 1.82) is 0 Å². The molecule has 1 atom stereocenters. The third-order valence-corrected chi connectivity index (χ3v) is 5.44. The normalized spacial score (nSPS) is 19.8. The standard InChI is InChI=1S/C25H23N3O/c1-25(21-13-7-4-8-14-21)17-22(16-23(25)19-10-5-3-6-11-19)26-27-24(29)20-12-9-15-28(2)18-20/h3-16,18H,17H2,1-2H3/p+1/b26-22+. The molecule has 1 N–H and O–H groups in total. The summed E-state index contributed by atoms with van der Waals surface area (Å²) in [5, 5.41) is 4.46. The fourth-order valence-electron chi connectivity index (χ4n) is 3.90. The van der Waals surface area contributed by atoms with E-state index in [1.807, 2.05) is 48.1 Å². The predicted molar refractivity (Wildman–Crippen MR) is 115 cm³/mol. The number of carbonyl (C=O) groups excluding carboxylic acids is 1. The van der Waals surface area contributed by atoms with Crippen LogP contribution in [0.1, 0.15) is 34.8 Å². The van der Waals surface area contributed by atoms with Crippen molar-refractivity contribution in [3.05, 3.63) is 108 Å². The molecule has 1 aliphatic carbocycles. The van der Waals surface area contributed by atoms with Crippen LogP contribution in [0.2, 0.25) is 0 Å². The van der Waals surface area contributed by atoms with Crippen LogP contribution in [0, 0.1) is 0 Å². The third kappa shape index (κ3) is 3.87. The molecule has 1 aliphatic rings. The minimum absolute atomic E-state index is 0.203. The summed E-state index contributed by atoms with van der Waals surface area (Å²) in [6.45, 7) is 2.24. The topological polar surface area (TPSA) is 45.3 Å². The van der Waals surface area contributed by atoms with Crippen LogP contribution in [-0.4, -0.2) is 11.6 Å². The highest BCUT2D eigenvalue weighted by Gasteiger charge is 2.38. The maximum absolute atomic E-state index is 12.5. The Labute approximate surface area is 171 Å². The lowest BCUT2D eigenvalue weighted by Gasteiger charge is -2.28. The van der Waals surface area contributed by atoms with Gasteiger partial charge in [-0.15, -0.1) is 0 Å². The summed E-state index contributed by atoms with van der Waals surface area (Å²) in [6.07, 6.45) is 6.50. The summed E-state index contributed by atoms with van der Waals surface area (Å²) in [5.41, 5.74) is 7.58. The minimum atomic E-state index is -0.211. The van der Waals surface area contributed by atoms with E-state index < -0.39 is 0 Å². The minimum Gasteiger partial charge on any atom is -0.267 e. The number of hydrogen-bond acceptors (Lipinski definition) is 2. The molecule has 0 saturated heterocycles. The molecule has 0 fully saturated rings. The monoisotopic (exact) mass is 382 g/mol. The van der Waals surface area contributed by atoms with Crippen LogP contribution < -0.4 is 9.99 Å². The van der Waals surface area contributed by atoms with Crippen molar-refractivity contribution >= 4 is 17.2 Å². The van der Waals surface area contributed by atoms with Gasteiger partial charge in [0.25, 0.3) is 5.91 Å². The molecule has 1 heterocycles. The zero-order chi connectivity index (χ0) is 20.3. The number of nitrogens with zero attached hydrogens (tertiary/aromatic N) is 2. The highest BCUT2D eigenvalue weighted by atomic mass is 16.2. The molecule has 0 saturated carbocycles. The Morgan fingerprint density at radius 2 is 1.69 bits per heavy atom. The summed E-state index contributed by atoms with van der Waals surface area (Å²) in [6, 6.07) is 24.5. The van der Waals surface area contributed by atoms with E-state index in [0.29, 0.717) is 5.56 Å². The van der Waals surface area contributed by atoms with E-state index in [1.165, 1.54) is 16.7 Å². The molecule has 29 heavy (non-hydrogen) atoms. The highest BCUT2D eigenvalue weighted by molar-refractivity contribution is 6.09. The quantitative estimate of drug-likeness (QED) is 0.537. The van der Waals surface area contributed by atoms with Gasteiger partial charge in [-0.2, -0.15) is 5.10 Å². The zero-order valence-corrected chi connectivity index (χ0v) is 16.7. The van der Waals surface area contributed by atoms with Crippen molar-refractivity contribution in [2.24, 2.45) is 12.1 Å². The van der Waals surface area contributed by atoms with Crippen molar-refractivity contribution in [1.82, 2.24) is 5.43 Å². The van der Waals surface area contributed by atoms with Crippen LogP contribution in [0.4, 0.5) is 0 Å². The molecule has 0 aliphatic heterocycles. The summed E-state index contributed by atoms with van der Waals surface area (Å²) < 4.78 is 1.84. The SMILES string of the molecule is C[n+]1cccc(C(=O)N/N=C2\C=C(c3ccccc3)C(C)(c3ccccc3)C2)c1. The molecule has 1 aromatic heterocycles. The first kappa shape index (κ1) is 18.8. The van der Waals surface area contributed by atoms with Gasteiger partial charge >= 0.3 is 0 Å². The first-order valence-corrected chi connectivity index (χ1v) is 9.71. The van der Waals surface area contributed by atoms with E-state index in [2.05, 4.69) is 59.9 Å². The fourth-order valence-corrected chi connectivity index (χ4v) is 3.90. The van der Waals surface area contributed by atoms with Gasteiger partial charge in [-0.05, 0) is 28.8 Å². The number of pyridine rings is 1. The number of carbonyl (C=O) groups is 1. The Kier molecular flexibility index (Phi) is 5.09. The second kappa shape index (κ2) is 7.84. The summed E-state index contributed by atoms with van der Waals surface area (Å²) in [4.78, 5) is 12.5. The summed E-state index contributed by atoms with van der Waals surface area (Å²) >= 11 is 0. The van der Waals surface area contributed by atoms with Gasteiger partial charge in [-0.3, -0.25) is 4.79 Å². The van der Waals surface area contributed by atoms with Crippen molar-refractivity contribution in [2.75, 3.05) is 0 Å². The fraction of sp³-hybridized carbons (Fsp3) is 0.160. The largest absolute Gasteiger partial charge is 0.277 e. The molecule has 1 unspecified atom stereocenters. The van der Waals surface area contributed by atoms with E-state index >= 15 is 0 Å². The first-order chi connectivity index (χ1) is 14.1. The van der Waals surface area contributed by atoms with E-state index in [-0.39, 0.29) is 11.3 Å². The number of nitrogens with one attached hydrogen (secondary N) is 1. The Hall–Kier alpha value is -3.53. The number of hydrazone groups is 1. The first-order valence-electron chi connectivity index (χ1n) is 9.71. The average molecular weight is 382 g/mol. The summed E-state index contributed by atoms with van der Waals surface area (Å²) in [5.74, 6) is -0.211. The number of amides is 1. The number of aromatic nitrogens is 1. The van der Waals surface area contributed by atoms with Gasteiger partial charge in [0, 0.05) is 17.9 Å². The van der Waals surface area contributed by atoms with Crippen molar-refractivity contribution in [2.45, 2.75) is 18.8 Å². The molecule has 2 aromatic carbocycles. The molecule has 4 heteroatoms. The molecule has 1 amide bonds. The number of hydrogen-bond donors (Lipinski definition) is 1.